The Kier molecular flexibility index (Phi) is 19.2. The predicted molar refractivity (Wildman–Crippen MR) is 172 cm³/mol. The summed E-state index contributed by atoms with van der Waals surface area (Å²) in [5.41, 5.74) is 3.92. The molecule has 6 heteroatoms. The van der Waals surface area contributed by atoms with Crippen molar-refractivity contribution in [2.75, 3.05) is 14.2 Å². The monoisotopic (exact) mass is 580 g/mol. The van der Waals surface area contributed by atoms with Crippen molar-refractivity contribution in [3.8, 4) is 0 Å². The SMILES string of the molecule is CCCCCC(CC)OC(=O)C(=Cc1ccccc1)OC.CCCCCCC(=C(OC)C(=O)O)c1ccccc1CC. The van der Waals surface area contributed by atoms with E-state index in [2.05, 4.69) is 26.8 Å². The van der Waals surface area contributed by atoms with Crippen molar-refractivity contribution in [3.05, 3.63) is 82.8 Å². The lowest BCUT2D eigenvalue weighted by atomic mass is 9.93. The second-order valence-electron chi connectivity index (χ2n) is 10.2. The molecule has 1 unspecified atom stereocenters. The molecule has 0 heterocycles. The summed E-state index contributed by atoms with van der Waals surface area (Å²) in [6.45, 7) is 8.46. The minimum atomic E-state index is -0.992. The fourth-order valence-electron chi connectivity index (χ4n) is 4.64. The van der Waals surface area contributed by atoms with E-state index in [9.17, 15) is 14.7 Å². The van der Waals surface area contributed by atoms with Gasteiger partial charge in [0, 0.05) is 5.57 Å². The Morgan fingerprint density at radius 2 is 1.45 bits per heavy atom. The number of hydrogen-bond donors (Lipinski definition) is 1. The molecular weight excluding hydrogens is 528 g/mol. The topological polar surface area (TPSA) is 82.1 Å². The molecule has 0 spiro atoms. The molecule has 2 aromatic rings. The zero-order valence-corrected chi connectivity index (χ0v) is 26.6. The molecule has 1 N–H and O–H groups in total. The van der Waals surface area contributed by atoms with Gasteiger partial charge in [0.2, 0.25) is 11.5 Å². The molecule has 42 heavy (non-hydrogen) atoms. The Labute approximate surface area is 253 Å². The second kappa shape index (κ2) is 22.1. The lowest BCUT2D eigenvalue weighted by Gasteiger charge is -2.16. The maximum absolute atomic E-state index is 12.2. The van der Waals surface area contributed by atoms with Crippen molar-refractivity contribution in [1.82, 2.24) is 0 Å². The third kappa shape index (κ3) is 13.4. The quantitative estimate of drug-likeness (QED) is 0.0819. The van der Waals surface area contributed by atoms with Crippen LogP contribution in [0.5, 0.6) is 0 Å². The summed E-state index contributed by atoms with van der Waals surface area (Å²) in [5.74, 6) is -1.05. The van der Waals surface area contributed by atoms with Crippen LogP contribution in [0, 0.1) is 0 Å². The molecule has 232 valence electrons. The molecule has 0 saturated carbocycles. The first kappa shape index (κ1) is 36.5. The average molecular weight is 581 g/mol. The number of carbonyl (C=O) groups is 2. The molecule has 0 aromatic heterocycles. The van der Waals surface area contributed by atoms with Gasteiger partial charge in [-0.3, -0.25) is 0 Å². The largest absolute Gasteiger partial charge is 0.490 e. The summed E-state index contributed by atoms with van der Waals surface area (Å²) in [7, 11) is 2.93. The second-order valence-corrected chi connectivity index (χ2v) is 10.2. The van der Waals surface area contributed by atoms with Gasteiger partial charge in [0.15, 0.2) is 0 Å². The van der Waals surface area contributed by atoms with Gasteiger partial charge in [0.25, 0.3) is 0 Å². The van der Waals surface area contributed by atoms with Crippen molar-refractivity contribution in [2.24, 2.45) is 0 Å². The molecule has 0 bridgehead atoms. The van der Waals surface area contributed by atoms with Gasteiger partial charge >= 0.3 is 11.9 Å². The third-order valence-electron chi connectivity index (χ3n) is 7.05. The lowest BCUT2D eigenvalue weighted by Crippen LogP contribution is -2.19. The molecular formula is C36H52O6. The van der Waals surface area contributed by atoms with Crippen molar-refractivity contribution in [1.29, 1.82) is 0 Å². The Balaban J connectivity index is 0.000000420. The third-order valence-corrected chi connectivity index (χ3v) is 7.05. The van der Waals surface area contributed by atoms with E-state index in [1.54, 1.807) is 6.08 Å². The number of aliphatic carboxylic acids is 1. The van der Waals surface area contributed by atoms with Crippen LogP contribution in [-0.2, 0) is 30.2 Å². The zero-order valence-electron chi connectivity index (χ0n) is 26.6. The number of unbranched alkanes of at least 4 members (excludes halogenated alkanes) is 5. The van der Waals surface area contributed by atoms with E-state index in [4.69, 9.17) is 14.2 Å². The predicted octanol–water partition coefficient (Wildman–Crippen LogP) is 9.24. The number of ether oxygens (including phenoxy) is 3. The first-order valence-corrected chi connectivity index (χ1v) is 15.5. The van der Waals surface area contributed by atoms with Gasteiger partial charge in [0.1, 0.15) is 6.10 Å². The number of esters is 1. The Bertz CT molecular complexity index is 1100. The van der Waals surface area contributed by atoms with E-state index in [0.717, 1.165) is 61.6 Å². The highest BCUT2D eigenvalue weighted by molar-refractivity contribution is 5.94. The number of carbonyl (C=O) groups excluding carboxylic acids is 1. The van der Waals surface area contributed by atoms with Gasteiger partial charge in [-0.05, 0) is 61.3 Å². The molecule has 0 saturated heterocycles. The van der Waals surface area contributed by atoms with Gasteiger partial charge in [-0.1, -0.05) is 114 Å². The van der Waals surface area contributed by atoms with Gasteiger partial charge in [-0.2, -0.15) is 0 Å². The van der Waals surface area contributed by atoms with Gasteiger partial charge in [-0.15, -0.1) is 0 Å². The number of methoxy groups -OCH3 is 2. The fraction of sp³-hybridized carbons (Fsp3) is 0.500. The number of aryl methyl sites for hydroxylation is 1. The van der Waals surface area contributed by atoms with E-state index in [1.807, 2.05) is 55.5 Å². The molecule has 2 aromatic carbocycles. The number of rotatable bonds is 18. The van der Waals surface area contributed by atoms with E-state index in [1.165, 1.54) is 45.5 Å². The number of carboxylic acids is 1. The summed E-state index contributed by atoms with van der Waals surface area (Å²) in [5, 5.41) is 9.39. The van der Waals surface area contributed by atoms with Crippen molar-refractivity contribution < 1.29 is 28.9 Å². The highest BCUT2D eigenvalue weighted by Crippen LogP contribution is 2.29. The minimum Gasteiger partial charge on any atom is -0.490 e. The highest BCUT2D eigenvalue weighted by Gasteiger charge is 2.19. The van der Waals surface area contributed by atoms with Crippen molar-refractivity contribution in [3.63, 3.8) is 0 Å². The van der Waals surface area contributed by atoms with Crippen LogP contribution in [0.25, 0.3) is 11.6 Å². The number of hydrogen-bond acceptors (Lipinski definition) is 5. The maximum atomic E-state index is 12.2. The van der Waals surface area contributed by atoms with Crippen LogP contribution in [0.3, 0.4) is 0 Å². The summed E-state index contributed by atoms with van der Waals surface area (Å²) in [6.07, 6.45) is 12.9. The first-order chi connectivity index (χ1) is 20.4. The normalized spacial score (nSPS) is 12.4. The molecule has 0 aliphatic rings. The minimum absolute atomic E-state index is 0.0293. The van der Waals surface area contributed by atoms with Crippen molar-refractivity contribution >= 4 is 23.6 Å². The van der Waals surface area contributed by atoms with Crippen LogP contribution in [0.15, 0.2) is 66.1 Å². The number of allylic oxidation sites excluding steroid dienone is 1. The summed E-state index contributed by atoms with van der Waals surface area (Å²) >= 11 is 0. The van der Waals surface area contributed by atoms with Crippen LogP contribution in [0.2, 0.25) is 0 Å². The Hall–Kier alpha value is -3.54. The van der Waals surface area contributed by atoms with E-state index in [-0.39, 0.29) is 23.6 Å². The van der Waals surface area contributed by atoms with Gasteiger partial charge in [-0.25, -0.2) is 9.59 Å². The fourth-order valence-corrected chi connectivity index (χ4v) is 4.64. The number of carboxylic acid groups (broad SMARTS) is 1. The van der Waals surface area contributed by atoms with Crippen LogP contribution in [0.4, 0.5) is 0 Å². The van der Waals surface area contributed by atoms with E-state index >= 15 is 0 Å². The summed E-state index contributed by atoms with van der Waals surface area (Å²) in [6, 6.07) is 17.6. The van der Waals surface area contributed by atoms with E-state index < -0.39 is 5.97 Å². The van der Waals surface area contributed by atoms with E-state index in [0.29, 0.717) is 0 Å². The summed E-state index contributed by atoms with van der Waals surface area (Å²) in [4.78, 5) is 23.6. The lowest BCUT2D eigenvalue weighted by molar-refractivity contribution is -0.148. The summed E-state index contributed by atoms with van der Waals surface area (Å²) < 4.78 is 15.9. The van der Waals surface area contributed by atoms with Crippen LogP contribution in [-0.4, -0.2) is 37.4 Å². The van der Waals surface area contributed by atoms with Crippen LogP contribution < -0.4 is 0 Å². The molecule has 0 aliphatic heterocycles. The molecule has 0 aliphatic carbocycles. The molecule has 0 radical (unpaired) electrons. The Morgan fingerprint density at radius 3 is 2.02 bits per heavy atom. The highest BCUT2D eigenvalue weighted by atomic mass is 16.6. The number of benzene rings is 2. The molecule has 2 rings (SSSR count). The average Bonchev–Trinajstić information content (AvgIpc) is 3.01. The zero-order chi connectivity index (χ0) is 31.2. The van der Waals surface area contributed by atoms with Crippen molar-refractivity contribution in [2.45, 2.75) is 104 Å². The maximum Gasteiger partial charge on any atom is 0.373 e. The molecule has 0 fully saturated rings. The Morgan fingerprint density at radius 1 is 0.810 bits per heavy atom. The van der Waals surface area contributed by atoms with Gasteiger partial charge in [0.05, 0.1) is 14.2 Å². The van der Waals surface area contributed by atoms with Gasteiger partial charge < -0.3 is 19.3 Å². The smallest absolute Gasteiger partial charge is 0.373 e. The first-order valence-electron chi connectivity index (χ1n) is 15.5. The molecule has 6 nitrogen and oxygen atoms in total. The molecule has 0 amide bonds. The van der Waals surface area contributed by atoms with Crippen LogP contribution in [0.1, 0.15) is 109 Å². The standard InChI is InChI=1S/2C18H26O3/c1-4-6-8-13-16(5-2)21-18(19)17(20-3)14-15-11-9-7-10-12-15;1-4-6-7-8-13-16(17(21-3)18(19)20)15-12-10-9-11-14(15)5-2/h7,9-12,14,16H,4-6,8,13H2,1-3H3;9-12H,4-8,13H2,1-3H3,(H,19,20). The van der Waals surface area contributed by atoms with Crippen LogP contribution >= 0.6 is 0 Å². The molecule has 1 atom stereocenters.